The van der Waals surface area contributed by atoms with Crippen LogP contribution in [0.1, 0.15) is 18.9 Å². The second kappa shape index (κ2) is 6.95. The summed E-state index contributed by atoms with van der Waals surface area (Å²) in [4.78, 5) is 4.37. The highest BCUT2D eigenvalue weighted by atomic mass is 16.5. The first-order valence-electron chi connectivity index (χ1n) is 6.71. The third-order valence-corrected chi connectivity index (χ3v) is 3.00. The molecular formula is C15H21N3O. The Balaban J connectivity index is 2.28. The average molecular weight is 259 g/mol. The lowest BCUT2D eigenvalue weighted by molar-refractivity contribution is 0.202. The van der Waals surface area contributed by atoms with Gasteiger partial charge in [-0.2, -0.15) is 0 Å². The zero-order chi connectivity index (χ0) is 13.5. The summed E-state index contributed by atoms with van der Waals surface area (Å²) in [5.74, 6) is 0.895. The van der Waals surface area contributed by atoms with E-state index in [9.17, 15) is 0 Å². The molecule has 2 aromatic rings. The molecule has 0 saturated carbocycles. The molecule has 1 heterocycles. The summed E-state index contributed by atoms with van der Waals surface area (Å²) in [6.07, 6.45) is 5.80. The van der Waals surface area contributed by atoms with Gasteiger partial charge in [0.1, 0.15) is 0 Å². The Kier molecular flexibility index (Phi) is 4.98. The standard InChI is InChI=1S/C15H21N3O/c1-3-9-16-15-17-10-11-18(15)14-7-5-4-6-13(14)8-12-19-2/h4-7,10-11H,3,8-9,12H2,1-2H3,(H,16,17). The van der Waals surface area contributed by atoms with Gasteiger partial charge in [-0.3, -0.25) is 4.57 Å². The summed E-state index contributed by atoms with van der Waals surface area (Å²) in [5.41, 5.74) is 2.43. The van der Waals surface area contributed by atoms with E-state index in [2.05, 4.69) is 46.1 Å². The van der Waals surface area contributed by atoms with Crippen molar-refractivity contribution in [2.75, 3.05) is 25.6 Å². The molecule has 0 aliphatic heterocycles. The van der Waals surface area contributed by atoms with Crippen LogP contribution in [0.25, 0.3) is 5.69 Å². The molecule has 19 heavy (non-hydrogen) atoms. The number of anilines is 1. The SMILES string of the molecule is CCCNc1nccn1-c1ccccc1CCOC. The fourth-order valence-electron chi connectivity index (χ4n) is 2.03. The fraction of sp³-hybridized carbons (Fsp3) is 0.400. The number of rotatable bonds is 7. The van der Waals surface area contributed by atoms with Crippen molar-refractivity contribution in [1.29, 1.82) is 0 Å². The van der Waals surface area contributed by atoms with E-state index < -0.39 is 0 Å². The summed E-state index contributed by atoms with van der Waals surface area (Å²) in [6.45, 7) is 3.80. The van der Waals surface area contributed by atoms with Gasteiger partial charge in [0.05, 0.1) is 12.3 Å². The smallest absolute Gasteiger partial charge is 0.207 e. The third-order valence-electron chi connectivity index (χ3n) is 3.00. The number of benzene rings is 1. The van der Waals surface area contributed by atoms with Gasteiger partial charge in [-0.1, -0.05) is 25.1 Å². The van der Waals surface area contributed by atoms with E-state index in [1.54, 1.807) is 7.11 Å². The quantitative estimate of drug-likeness (QED) is 0.831. The normalized spacial score (nSPS) is 10.6. The molecule has 0 saturated heterocycles. The number of para-hydroxylation sites is 1. The summed E-state index contributed by atoms with van der Waals surface area (Å²) in [6, 6.07) is 8.36. The summed E-state index contributed by atoms with van der Waals surface area (Å²) < 4.78 is 7.27. The van der Waals surface area contributed by atoms with Crippen molar-refractivity contribution in [1.82, 2.24) is 9.55 Å². The Bertz CT molecular complexity index is 508. The van der Waals surface area contributed by atoms with Gasteiger partial charge in [0, 0.05) is 26.0 Å². The zero-order valence-electron chi connectivity index (χ0n) is 11.6. The number of hydrogen-bond donors (Lipinski definition) is 1. The Hall–Kier alpha value is -1.81. The highest BCUT2D eigenvalue weighted by molar-refractivity contribution is 5.47. The monoisotopic (exact) mass is 259 g/mol. The largest absolute Gasteiger partial charge is 0.384 e. The number of hydrogen-bond acceptors (Lipinski definition) is 3. The van der Waals surface area contributed by atoms with Gasteiger partial charge < -0.3 is 10.1 Å². The molecule has 4 nitrogen and oxygen atoms in total. The maximum Gasteiger partial charge on any atom is 0.207 e. The minimum Gasteiger partial charge on any atom is -0.384 e. The molecule has 1 N–H and O–H groups in total. The van der Waals surface area contributed by atoms with E-state index in [0.717, 1.165) is 37.6 Å². The minimum absolute atomic E-state index is 0.726. The number of imidazole rings is 1. The maximum atomic E-state index is 5.17. The predicted octanol–water partition coefficient (Wildman–Crippen LogP) is 2.88. The van der Waals surface area contributed by atoms with E-state index in [1.165, 1.54) is 5.56 Å². The summed E-state index contributed by atoms with van der Waals surface area (Å²) in [7, 11) is 1.73. The number of nitrogens with one attached hydrogen (secondary N) is 1. The number of methoxy groups -OCH3 is 1. The van der Waals surface area contributed by atoms with Crippen molar-refractivity contribution in [2.24, 2.45) is 0 Å². The van der Waals surface area contributed by atoms with Gasteiger partial charge in [0.25, 0.3) is 0 Å². The molecule has 0 atom stereocenters. The van der Waals surface area contributed by atoms with Crippen LogP contribution in [0, 0.1) is 0 Å². The van der Waals surface area contributed by atoms with Gasteiger partial charge >= 0.3 is 0 Å². The van der Waals surface area contributed by atoms with Crippen LogP contribution in [0.2, 0.25) is 0 Å². The molecule has 0 radical (unpaired) electrons. The molecule has 102 valence electrons. The second-order valence-electron chi connectivity index (χ2n) is 4.42. The molecule has 4 heteroatoms. The third kappa shape index (κ3) is 3.35. The van der Waals surface area contributed by atoms with Crippen LogP contribution in [0.15, 0.2) is 36.7 Å². The van der Waals surface area contributed by atoms with Crippen LogP contribution in [0.3, 0.4) is 0 Å². The Morgan fingerprint density at radius 2 is 2.16 bits per heavy atom. The predicted molar refractivity (Wildman–Crippen MR) is 77.9 cm³/mol. The first-order valence-corrected chi connectivity index (χ1v) is 6.71. The molecule has 0 amide bonds. The molecule has 1 aromatic heterocycles. The lowest BCUT2D eigenvalue weighted by Crippen LogP contribution is -2.08. The molecule has 0 spiro atoms. The van der Waals surface area contributed by atoms with Crippen LogP contribution < -0.4 is 5.32 Å². The first kappa shape index (κ1) is 13.6. The van der Waals surface area contributed by atoms with Crippen molar-refractivity contribution in [3.05, 3.63) is 42.2 Å². The summed E-state index contributed by atoms with van der Waals surface area (Å²) >= 11 is 0. The van der Waals surface area contributed by atoms with Gasteiger partial charge in [-0.05, 0) is 24.5 Å². The molecule has 0 unspecified atom stereocenters. The van der Waals surface area contributed by atoms with Crippen LogP contribution in [0.4, 0.5) is 5.95 Å². The average Bonchev–Trinajstić information content (AvgIpc) is 2.91. The van der Waals surface area contributed by atoms with Crippen molar-refractivity contribution in [3.63, 3.8) is 0 Å². The number of ether oxygens (including phenoxy) is 1. The van der Waals surface area contributed by atoms with Gasteiger partial charge in [-0.15, -0.1) is 0 Å². The van der Waals surface area contributed by atoms with E-state index in [4.69, 9.17) is 4.74 Å². The molecule has 2 rings (SSSR count). The van der Waals surface area contributed by atoms with Gasteiger partial charge in [0.15, 0.2) is 0 Å². The summed E-state index contributed by atoms with van der Waals surface area (Å²) in [5, 5.41) is 3.35. The first-order chi connectivity index (χ1) is 9.36. The van der Waals surface area contributed by atoms with E-state index >= 15 is 0 Å². The highest BCUT2D eigenvalue weighted by Crippen LogP contribution is 2.19. The van der Waals surface area contributed by atoms with Crippen LogP contribution in [-0.4, -0.2) is 29.8 Å². The highest BCUT2D eigenvalue weighted by Gasteiger charge is 2.08. The van der Waals surface area contributed by atoms with Crippen molar-refractivity contribution < 1.29 is 4.74 Å². The van der Waals surface area contributed by atoms with Crippen molar-refractivity contribution >= 4 is 5.95 Å². The van der Waals surface area contributed by atoms with Gasteiger partial charge in [-0.25, -0.2) is 4.98 Å². The lowest BCUT2D eigenvalue weighted by atomic mass is 10.1. The Morgan fingerprint density at radius 1 is 1.32 bits per heavy atom. The van der Waals surface area contributed by atoms with Crippen LogP contribution in [-0.2, 0) is 11.2 Å². The molecule has 0 bridgehead atoms. The minimum atomic E-state index is 0.726. The fourth-order valence-corrected chi connectivity index (χ4v) is 2.03. The van der Waals surface area contributed by atoms with Crippen LogP contribution in [0.5, 0.6) is 0 Å². The van der Waals surface area contributed by atoms with Crippen molar-refractivity contribution in [2.45, 2.75) is 19.8 Å². The second-order valence-corrected chi connectivity index (χ2v) is 4.42. The van der Waals surface area contributed by atoms with E-state index in [1.807, 2.05) is 12.4 Å². The van der Waals surface area contributed by atoms with Crippen molar-refractivity contribution in [3.8, 4) is 5.69 Å². The maximum absolute atomic E-state index is 5.17. The number of aromatic nitrogens is 2. The Labute approximate surface area is 114 Å². The van der Waals surface area contributed by atoms with Gasteiger partial charge in [0.2, 0.25) is 5.95 Å². The molecule has 1 aromatic carbocycles. The molecule has 0 fully saturated rings. The van der Waals surface area contributed by atoms with Crippen LogP contribution >= 0.6 is 0 Å². The Morgan fingerprint density at radius 3 is 2.95 bits per heavy atom. The lowest BCUT2D eigenvalue weighted by Gasteiger charge is -2.13. The van der Waals surface area contributed by atoms with E-state index in [-0.39, 0.29) is 0 Å². The van der Waals surface area contributed by atoms with E-state index in [0.29, 0.717) is 0 Å². The zero-order valence-corrected chi connectivity index (χ0v) is 11.6. The molecule has 0 aliphatic rings. The topological polar surface area (TPSA) is 39.1 Å². The molecule has 0 aliphatic carbocycles. The molecular weight excluding hydrogens is 238 g/mol. The number of nitrogens with zero attached hydrogens (tertiary/aromatic N) is 2.